The van der Waals surface area contributed by atoms with Crippen molar-refractivity contribution in [2.75, 3.05) is 19.8 Å². The summed E-state index contributed by atoms with van der Waals surface area (Å²) < 4.78 is 11.5. The van der Waals surface area contributed by atoms with Crippen LogP contribution in [0.15, 0.2) is 53.3 Å². The lowest BCUT2D eigenvalue weighted by Gasteiger charge is -2.25. The molecule has 1 saturated heterocycles. The van der Waals surface area contributed by atoms with Crippen molar-refractivity contribution < 1.29 is 14.3 Å². The number of hydrogen-bond acceptors (Lipinski definition) is 5. The molecule has 7 heteroatoms. The number of nitrogens with one attached hydrogen (secondary N) is 1. The van der Waals surface area contributed by atoms with Gasteiger partial charge in [0.15, 0.2) is 6.61 Å². The van der Waals surface area contributed by atoms with Gasteiger partial charge in [0, 0.05) is 13.2 Å². The van der Waals surface area contributed by atoms with E-state index in [1.807, 2.05) is 37.3 Å². The van der Waals surface area contributed by atoms with E-state index in [1.165, 1.54) is 0 Å². The fourth-order valence-electron chi connectivity index (χ4n) is 3.63. The predicted octanol–water partition coefficient (Wildman–Crippen LogP) is 2.82. The van der Waals surface area contributed by atoms with E-state index in [0.29, 0.717) is 35.6 Å². The highest BCUT2D eigenvalue weighted by molar-refractivity contribution is 5.78. The molecule has 156 valence electrons. The highest BCUT2D eigenvalue weighted by atomic mass is 16.5. The molecule has 3 aromatic rings. The Kier molecular flexibility index (Phi) is 6.09. The van der Waals surface area contributed by atoms with Gasteiger partial charge in [-0.05, 0) is 43.5 Å². The van der Waals surface area contributed by atoms with Gasteiger partial charge in [-0.3, -0.25) is 9.59 Å². The molecule has 1 N–H and O–H groups in total. The highest BCUT2D eigenvalue weighted by Crippen LogP contribution is 2.18. The van der Waals surface area contributed by atoms with Crippen LogP contribution in [0, 0.1) is 6.92 Å². The normalized spacial score (nSPS) is 16.0. The Morgan fingerprint density at radius 2 is 2.03 bits per heavy atom. The minimum atomic E-state index is -0.212. The van der Waals surface area contributed by atoms with Gasteiger partial charge < -0.3 is 19.4 Å². The zero-order chi connectivity index (χ0) is 20.9. The van der Waals surface area contributed by atoms with Gasteiger partial charge in [0.05, 0.1) is 23.6 Å². The number of rotatable bonds is 7. The van der Waals surface area contributed by atoms with Crippen LogP contribution in [0.2, 0.25) is 0 Å². The second-order valence-corrected chi connectivity index (χ2v) is 7.49. The molecular formula is C23H25N3O4. The number of ether oxygens (including phenoxy) is 2. The first-order valence-corrected chi connectivity index (χ1v) is 10.2. The number of benzene rings is 2. The summed E-state index contributed by atoms with van der Waals surface area (Å²) in [6, 6.07) is 14.7. The van der Waals surface area contributed by atoms with E-state index < -0.39 is 0 Å². The van der Waals surface area contributed by atoms with Crippen molar-refractivity contribution in [2.24, 2.45) is 0 Å². The fourth-order valence-corrected chi connectivity index (χ4v) is 3.63. The van der Waals surface area contributed by atoms with E-state index in [1.54, 1.807) is 23.1 Å². The fraction of sp³-hybridized carbons (Fsp3) is 0.348. The summed E-state index contributed by atoms with van der Waals surface area (Å²) in [6.45, 7) is 3.18. The lowest BCUT2D eigenvalue weighted by Crippen LogP contribution is -2.40. The molecular weight excluding hydrogens is 382 g/mol. The molecule has 7 nitrogen and oxygen atoms in total. The third-order valence-electron chi connectivity index (χ3n) is 5.25. The topological polar surface area (TPSA) is 84.5 Å². The molecule has 4 rings (SSSR count). The van der Waals surface area contributed by atoms with Crippen LogP contribution in [-0.4, -0.2) is 46.6 Å². The van der Waals surface area contributed by atoms with Crippen molar-refractivity contribution in [3.8, 4) is 5.75 Å². The SMILES string of the molecule is Cc1ccccc1OCC(=O)N(Cc1nc2ccccc2c(=O)[nH]1)CC1CCCO1. The summed E-state index contributed by atoms with van der Waals surface area (Å²) in [5.74, 6) is 0.950. The van der Waals surface area contributed by atoms with Crippen molar-refractivity contribution in [2.45, 2.75) is 32.4 Å². The average molecular weight is 407 g/mol. The van der Waals surface area contributed by atoms with E-state index >= 15 is 0 Å². The first-order chi connectivity index (χ1) is 14.6. The molecule has 1 aliphatic rings. The zero-order valence-corrected chi connectivity index (χ0v) is 17.0. The van der Waals surface area contributed by atoms with Crippen molar-refractivity contribution in [3.05, 3.63) is 70.3 Å². The maximum absolute atomic E-state index is 13.0. The third-order valence-corrected chi connectivity index (χ3v) is 5.25. The number of aryl methyl sites for hydroxylation is 1. The Morgan fingerprint density at radius 1 is 1.23 bits per heavy atom. The number of H-pyrrole nitrogens is 1. The van der Waals surface area contributed by atoms with Crippen LogP contribution in [0.5, 0.6) is 5.75 Å². The molecule has 1 aromatic heterocycles. The average Bonchev–Trinajstić information content (AvgIpc) is 3.26. The van der Waals surface area contributed by atoms with Gasteiger partial charge in [-0.15, -0.1) is 0 Å². The molecule has 0 spiro atoms. The molecule has 0 radical (unpaired) electrons. The number of hydrogen-bond donors (Lipinski definition) is 1. The summed E-state index contributed by atoms with van der Waals surface area (Å²) in [7, 11) is 0. The van der Waals surface area contributed by atoms with Crippen LogP contribution in [-0.2, 0) is 16.1 Å². The minimum Gasteiger partial charge on any atom is -0.484 e. The van der Waals surface area contributed by atoms with Gasteiger partial charge in [0.25, 0.3) is 11.5 Å². The molecule has 1 fully saturated rings. The first kappa shape index (κ1) is 20.1. The molecule has 1 aliphatic heterocycles. The van der Waals surface area contributed by atoms with Gasteiger partial charge in [-0.2, -0.15) is 0 Å². The van der Waals surface area contributed by atoms with Gasteiger partial charge in [0.1, 0.15) is 11.6 Å². The van der Waals surface area contributed by atoms with Crippen molar-refractivity contribution in [3.63, 3.8) is 0 Å². The standard InChI is InChI=1S/C23H25N3O4/c1-16-7-2-5-11-20(16)30-15-22(27)26(13-17-8-6-12-29-17)14-21-24-19-10-4-3-9-18(19)23(28)25-21/h2-5,7,9-11,17H,6,8,12-15H2,1H3,(H,24,25,28). The molecule has 2 heterocycles. The minimum absolute atomic E-state index is 0.0143. The maximum atomic E-state index is 13.0. The number of amides is 1. The second-order valence-electron chi connectivity index (χ2n) is 7.49. The number of carbonyl (C=O) groups is 1. The lowest BCUT2D eigenvalue weighted by molar-refractivity contribution is -0.135. The van der Waals surface area contributed by atoms with Crippen LogP contribution in [0.3, 0.4) is 0 Å². The Morgan fingerprint density at radius 3 is 2.83 bits per heavy atom. The van der Waals surface area contributed by atoms with E-state index in [-0.39, 0.29) is 30.7 Å². The summed E-state index contributed by atoms with van der Waals surface area (Å²) in [6.07, 6.45) is 1.88. The smallest absolute Gasteiger partial charge is 0.261 e. The van der Waals surface area contributed by atoms with Gasteiger partial charge >= 0.3 is 0 Å². The van der Waals surface area contributed by atoms with Gasteiger partial charge in [-0.1, -0.05) is 30.3 Å². The number of fused-ring (bicyclic) bond motifs is 1. The number of aromatic amines is 1. The summed E-state index contributed by atoms with van der Waals surface area (Å²) in [5.41, 5.74) is 1.37. The predicted molar refractivity (Wildman–Crippen MR) is 113 cm³/mol. The van der Waals surface area contributed by atoms with Crippen LogP contribution in [0.25, 0.3) is 10.9 Å². The molecule has 1 amide bonds. The van der Waals surface area contributed by atoms with E-state index in [4.69, 9.17) is 9.47 Å². The molecule has 0 saturated carbocycles. The molecule has 1 atom stereocenters. The van der Waals surface area contributed by atoms with Crippen LogP contribution >= 0.6 is 0 Å². The molecule has 0 bridgehead atoms. The van der Waals surface area contributed by atoms with E-state index in [9.17, 15) is 9.59 Å². The third kappa shape index (κ3) is 4.68. The number of aromatic nitrogens is 2. The molecule has 1 unspecified atom stereocenters. The Hall–Kier alpha value is -3.19. The quantitative estimate of drug-likeness (QED) is 0.651. The van der Waals surface area contributed by atoms with Crippen molar-refractivity contribution in [1.82, 2.24) is 14.9 Å². The van der Waals surface area contributed by atoms with Crippen molar-refractivity contribution >= 4 is 16.8 Å². The molecule has 30 heavy (non-hydrogen) atoms. The summed E-state index contributed by atoms with van der Waals surface area (Å²) >= 11 is 0. The van der Waals surface area contributed by atoms with Crippen LogP contribution < -0.4 is 10.3 Å². The van der Waals surface area contributed by atoms with Gasteiger partial charge in [-0.25, -0.2) is 4.98 Å². The largest absolute Gasteiger partial charge is 0.484 e. The lowest BCUT2D eigenvalue weighted by atomic mass is 10.2. The van der Waals surface area contributed by atoms with Crippen LogP contribution in [0.4, 0.5) is 0 Å². The maximum Gasteiger partial charge on any atom is 0.261 e. The second kappa shape index (κ2) is 9.09. The van der Waals surface area contributed by atoms with Gasteiger partial charge in [0.2, 0.25) is 0 Å². The van der Waals surface area contributed by atoms with Crippen LogP contribution in [0.1, 0.15) is 24.2 Å². The zero-order valence-electron chi connectivity index (χ0n) is 17.0. The monoisotopic (exact) mass is 407 g/mol. The number of nitrogens with zero attached hydrogens (tertiary/aromatic N) is 2. The Bertz CT molecular complexity index is 1090. The summed E-state index contributed by atoms with van der Waals surface area (Å²) in [5, 5.41) is 0.529. The molecule has 2 aromatic carbocycles. The number of para-hydroxylation sites is 2. The first-order valence-electron chi connectivity index (χ1n) is 10.2. The summed E-state index contributed by atoms with van der Waals surface area (Å²) in [4.78, 5) is 34.4. The van der Waals surface area contributed by atoms with Crippen molar-refractivity contribution in [1.29, 1.82) is 0 Å². The van der Waals surface area contributed by atoms with E-state index in [0.717, 1.165) is 18.4 Å². The number of carbonyl (C=O) groups excluding carboxylic acids is 1. The Labute approximate surface area is 174 Å². The Balaban J connectivity index is 1.52. The van der Waals surface area contributed by atoms with E-state index in [2.05, 4.69) is 9.97 Å². The highest BCUT2D eigenvalue weighted by Gasteiger charge is 2.24. The molecule has 0 aliphatic carbocycles.